The normalized spacial score (nSPS) is 18.8. The van der Waals surface area contributed by atoms with Crippen molar-refractivity contribution in [1.29, 1.82) is 0 Å². The van der Waals surface area contributed by atoms with Crippen LogP contribution in [0.25, 0.3) is 0 Å². The minimum atomic E-state index is -1.64. The highest BCUT2D eigenvalue weighted by molar-refractivity contribution is 14.1. The fourth-order valence-electron chi connectivity index (χ4n) is 3.36. The molecule has 30 heavy (non-hydrogen) atoms. The standard InChI is InChI=1S/C21H20F2IN3O3/c1-27-19(28)13(10-12-4-3-5-16(25)18(12)23)8-9-21(27,20(29)30-2)26-17-7-6-14(24)11-15(17)22/h3-8,11,26H,9-10,25H2,1-2H3. The van der Waals surface area contributed by atoms with Gasteiger partial charge >= 0.3 is 5.97 Å². The Morgan fingerprint density at radius 3 is 2.73 bits per heavy atom. The van der Waals surface area contributed by atoms with E-state index in [-0.39, 0.29) is 29.8 Å². The van der Waals surface area contributed by atoms with Gasteiger partial charge in [-0.3, -0.25) is 4.79 Å². The second kappa shape index (κ2) is 8.58. The highest BCUT2D eigenvalue weighted by Gasteiger charge is 2.48. The fraction of sp³-hybridized carbons (Fsp3) is 0.238. The third-order valence-electron chi connectivity index (χ3n) is 5.08. The SMILES string of the molecule is COC(=O)C1(Nc2ccc(I)cc2F)CC=C(Cc2cccc(N)c2F)C(=O)N1C. The molecule has 0 saturated carbocycles. The number of methoxy groups -OCH3 is 1. The van der Waals surface area contributed by atoms with Crippen molar-refractivity contribution in [2.24, 2.45) is 0 Å². The van der Waals surface area contributed by atoms with Gasteiger partial charge in [0.15, 0.2) is 0 Å². The van der Waals surface area contributed by atoms with Crippen molar-refractivity contribution in [2.45, 2.75) is 18.5 Å². The molecule has 0 aliphatic carbocycles. The van der Waals surface area contributed by atoms with Crippen LogP contribution in [0, 0.1) is 15.2 Å². The summed E-state index contributed by atoms with van der Waals surface area (Å²) in [6.45, 7) is 0. The topological polar surface area (TPSA) is 84.7 Å². The van der Waals surface area contributed by atoms with Gasteiger partial charge in [-0.2, -0.15) is 0 Å². The number of anilines is 2. The van der Waals surface area contributed by atoms with Crippen molar-refractivity contribution in [1.82, 2.24) is 4.90 Å². The van der Waals surface area contributed by atoms with E-state index >= 15 is 0 Å². The third kappa shape index (κ3) is 3.98. The van der Waals surface area contributed by atoms with Crippen LogP contribution in [0.5, 0.6) is 0 Å². The van der Waals surface area contributed by atoms with E-state index < -0.39 is 29.2 Å². The Labute approximate surface area is 186 Å². The van der Waals surface area contributed by atoms with Crippen molar-refractivity contribution in [3.05, 3.63) is 68.8 Å². The lowest BCUT2D eigenvalue weighted by atomic mass is 9.92. The Kier molecular flexibility index (Phi) is 6.30. The molecule has 1 atom stereocenters. The first-order chi connectivity index (χ1) is 14.2. The van der Waals surface area contributed by atoms with E-state index in [2.05, 4.69) is 5.32 Å². The van der Waals surface area contributed by atoms with Crippen LogP contribution in [0.4, 0.5) is 20.2 Å². The van der Waals surface area contributed by atoms with E-state index in [9.17, 15) is 18.4 Å². The number of carbonyl (C=O) groups is 2. The summed E-state index contributed by atoms with van der Waals surface area (Å²) in [6, 6.07) is 9.05. The maximum absolute atomic E-state index is 14.4. The number of nitrogen functional groups attached to an aromatic ring is 1. The summed E-state index contributed by atoms with van der Waals surface area (Å²) < 4.78 is 34.3. The maximum Gasteiger partial charge on any atom is 0.353 e. The molecular formula is C21H20F2IN3O3. The Morgan fingerprint density at radius 1 is 1.33 bits per heavy atom. The number of nitrogens with zero attached hydrogens (tertiary/aromatic N) is 1. The average molecular weight is 527 g/mol. The lowest BCUT2D eigenvalue weighted by molar-refractivity contribution is -0.158. The van der Waals surface area contributed by atoms with Gasteiger partial charge in [0.1, 0.15) is 11.6 Å². The van der Waals surface area contributed by atoms with Gasteiger partial charge in [-0.05, 0) is 52.4 Å². The van der Waals surface area contributed by atoms with Gasteiger partial charge in [0.05, 0.1) is 18.5 Å². The van der Waals surface area contributed by atoms with Crippen LogP contribution in [0.3, 0.4) is 0 Å². The zero-order valence-corrected chi connectivity index (χ0v) is 18.5. The van der Waals surface area contributed by atoms with Crippen molar-refractivity contribution in [3.8, 4) is 0 Å². The molecule has 1 aliphatic rings. The molecule has 0 radical (unpaired) electrons. The summed E-state index contributed by atoms with van der Waals surface area (Å²) >= 11 is 1.97. The number of ether oxygens (including phenoxy) is 1. The smallest absolute Gasteiger partial charge is 0.353 e. The van der Waals surface area contributed by atoms with Gasteiger partial charge in [0.25, 0.3) is 5.91 Å². The van der Waals surface area contributed by atoms with Gasteiger partial charge in [-0.1, -0.05) is 18.2 Å². The first kappa shape index (κ1) is 22.0. The summed E-state index contributed by atoms with van der Waals surface area (Å²) in [5.74, 6) is -2.41. The Hall–Kier alpha value is -2.69. The Bertz CT molecular complexity index is 1040. The van der Waals surface area contributed by atoms with Gasteiger partial charge in [0.2, 0.25) is 5.66 Å². The summed E-state index contributed by atoms with van der Waals surface area (Å²) in [7, 11) is 2.61. The molecule has 0 fully saturated rings. The van der Waals surface area contributed by atoms with Crippen LogP contribution in [0.15, 0.2) is 48.0 Å². The number of hydrogen-bond acceptors (Lipinski definition) is 5. The average Bonchev–Trinajstić information content (AvgIpc) is 2.72. The van der Waals surface area contributed by atoms with E-state index in [0.29, 0.717) is 9.14 Å². The molecule has 0 spiro atoms. The molecule has 1 heterocycles. The number of benzene rings is 2. The molecule has 0 aromatic heterocycles. The fourth-order valence-corrected chi connectivity index (χ4v) is 3.81. The summed E-state index contributed by atoms with van der Waals surface area (Å²) in [5.41, 5.74) is 4.57. The maximum atomic E-state index is 14.4. The van der Waals surface area contributed by atoms with Crippen molar-refractivity contribution in [3.63, 3.8) is 0 Å². The number of hydrogen-bond donors (Lipinski definition) is 2. The highest BCUT2D eigenvalue weighted by Crippen LogP contribution is 2.33. The van der Waals surface area contributed by atoms with Gasteiger partial charge < -0.3 is 20.7 Å². The Morgan fingerprint density at radius 2 is 2.07 bits per heavy atom. The molecule has 0 bridgehead atoms. The van der Waals surface area contributed by atoms with Crippen LogP contribution < -0.4 is 11.1 Å². The summed E-state index contributed by atoms with van der Waals surface area (Å²) in [5, 5.41) is 2.84. The zero-order chi connectivity index (χ0) is 22.1. The van der Waals surface area contributed by atoms with Crippen molar-refractivity contribution >= 4 is 45.8 Å². The van der Waals surface area contributed by atoms with Crippen LogP contribution >= 0.6 is 22.6 Å². The molecule has 158 valence electrons. The molecule has 6 nitrogen and oxygen atoms in total. The lowest BCUT2D eigenvalue weighted by Crippen LogP contribution is -2.63. The molecule has 3 N–H and O–H groups in total. The van der Waals surface area contributed by atoms with Crippen LogP contribution in [0.2, 0.25) is 0 Å². The number of nitrogens with one attached hydrogen (secondary N) is 1. The van der Waals surface area contributed by atoms with Crippen LogP contribution in [0.1, 0.15) is 12.0 Å². The van der Waals surface area contributed by atoms with Crippen molar-refractivity contribution in [2.75, 3.05) is 25.2 Å². The number of esters is 1. The summed E-state index contributed by atoms with van der Waals surface area (Å²) in [6.07, 6.45) is 1.56. The van der Waals surface area contributed by atoms with E-state index in [4.69, 9.17) is 10.5 Å². The molecule has 0 saturated heterocycles. The third-order valence-corrected chi connectivity index (χ3v) is 5.75. The first-order valence-electron chi connectivity index (χ1n) is 9.01. The van der Waals surface area contributed by atoms with E-state index in [1.165, 1.54) is 32.4 Å². The number of rotatable bonds is 5. The van der Waals surface area contributed by atoms with Crippen LogP contribution in [-0.2, 0) is 20.7 Å². The molecule has 2 aromatic rings. The van der Waals surface area contributed by atoms with Crippen LogP contribution in [-0.4, -0.2) is 36.6 Å². The molecular weight excluding hydrogens is 507 g/mol. The quantitative estimate of drug-likeness (QED) is 0.354. The van der Waals surface area contributed by atoms with Gasteiger partial charge in [-0.25, -0.2) is 13.6 Å². The second-order valence-corrected chi connectivity index (χ2v) is 8.14. The monoisotopic (exact) mass is 527 g/mol. The zero-order valence-electron chi connectivity index (χ0n) is 16.3. The van der Waals surface area contributed by atoms with Gasteiger partial charge in [-0.15, -0.1) is 0 Å². The minimum Gasteiger partial charge on any atom is -0.466 e. The molecule has 1 aliphatic heterocycles. The predicted molar refractivity (Wildman–Crippen MR) is 117 cm³/mol. The largest absolute Gasteiger partial charge is 0.466 e. The Balaban J connectivity index is 1.97. The second-order valence-electron chi connectivity index (χ2n) is 6.90. The molecule has 3 rings (SSSR count). The number of carbonyl (C=O) groups excluding carboxylic acids is 2. The predicted octanol–water partition coefficient (Wildman–Crippen LogP) is 3.46. The number of amides is 1. The van der Waals surface area contributed by atoms with E-state index in [1.807, 2.05) is 22.6 Å². The van der Waals surface area contributed by atoms with Crippen molar-refractivity contribution < 1.29 is 23.1 Å². The molecule has 9 heteroatoms. The highest BCUT2D eigenvalue weighted by atomic mass is 127. The minimum absolute atomic E-state index is 0.00656. The molecule has 1 amide bonds. The van der Waals surface area contributed by atoms with Gasteiger partial charge in [0, 0.05) is 29.0 Å². The van der Waals surface area contributed by atoms with E-state index in [0.717, 1.165) is 4.90 Å². The first-order valence-corrected chi connectivity index (χ1v) is 10.1. The number of nitrogens with two attached hydrogens (primary N) is 1. The number of halogens is 3. The number of likely N-dealkylation sites (N-methyl/N-ethyl adjacent to an activating group) is 1. The molecule has 1 unspecified atom stereocenters. The lowest BCUT2D eigenvalue weighted by Gasteiger charge is -2.42. The summed E-state index contributed by atoms with van der Waals surface area (Å²) in [4.78, 5) is 26.9. The van der Waals surface area contributed by atoms with E-state index in [1.54, 1.807) is 24.3 Å². The molecule has 2 aromatic carbocycles.